The molecule has 1 aliphatic rings. The molecular weight excluding hydrogens is 290 g/mol. The molecule has 1 atom stereocenters. The van der Waals surface area contributed by atoms with E-state index in [1.165, 1.54) is 0 Å². The van der Waals surface area contributed by atoms with Gasteiger partial charge in [-0.05, 0) is 32.3 Å². The Morgan fingerprint density at radius 3 is 2.76 bits per heavy atom. The number of benzene rings is 1. The molecule has 112 valence electrons. The van der Waals surface area contributed by atoms with Crippen molar-refractivity contribution in [2.24, 2.45) is 0 Å². The molecular formula is C16H18F2N2S. The smallest absolute Gasteiger partial charge is 0.164 e. The maximum Gasteiger partial charge on any atom is 0.164 e. The Morgan fingerprint density at radius 1 is 1.38 bits per heavy atom. The summed E-state index contributed by atoms with van der Waals surface area (Å²) in [6.07, 6.45) is 3.01. The minimum atomic E-state index is -0.806. The standard InChI is InChI=1S/C16H18F2N2S/c1-3-13-9(2)21-16(20-13)15(19-10-7-8-10)11-5-4-6-12(17)14(11)18/h4-6,10,15,19H,3,7-8H2,1-2H3. The molecule has 5 heteroatoms. The molecule has 1 aromatic heterocycles. The summed E-state index contributed by atoms with van der Waals surface area (Å²) in [5.74, 6) is -1.58. The molecule has 1 N–H and O–H groups in total. The second-order valence-corrected chi connectivity index (χ2v) is 6.66. The van der Waals surface area contributed by atoms with Gasteiger partial charge >= 0.3 is 0 Å². The van der Waals surface area contributed by atoms with Crippen LogP contribution in [0.15, 0.2) is 18.2 Å². The molecule has 1 aliphatic carbocycles. The van der Waals surface area contributed by atoms with E-state index in [1.807, 2.05) is 6.92 Å². The summed E-state index contributed by atoms with van der Waals surface area (Å²) in [5.41, 5.74) is 1.38. The van der Waals surface area contributed by atoms with Crippen molar-refractivity contribution in [3.05, 3.63) is 51.0 Å². The van der Waals surface area contributed by atoms with Crippen LogP contribution < -0.4 is 5.32 Å². The van der Waals surface area contributed by atoms with Crippen LogP contribution in [0.1, 0.15) is 46.9 Å². The number of hydrogen-bond acceptors (Lipinski definition) is 3. The van der Waals surface area contributed by atoms with E-state index < -0.39 is 11.6 Å². The first kappa shape index (κ1) is 14.6. The lowest BCUT2D eigenvalue weighted by atomic mass is 10.1. The van der Waals surface area contributed by atoms with E-state index >= 15 is 0 Å². The van der Waals surface area contributed by atoms with E-state index in [4.69, 9.17) is 0 Å². The molecule has 0 amide bonds. The number of hydrogen-bond donors (Lipinski definition) is 1. The van der Waals surface area contributed by atoms with E-state index in [0.717, 1.165) is 40.9 Å². The lowest BCUT2D eigenvalue weighted by molar-refractivity contribution is 0.479. The molecule has 0 bridgehead atoms. The van der Waals surface area contributed by atoms with E-state index in [2.05, 4.69) is 17.2 Å². The SMILES string of the molecule is CCc1nc(C(NC2CC2)c2cccc(F)c2F)sc1C. The summed E-state index contributed by atoms with van der Waals surface area (Å²) in [6.45, 7) is 4.08. The van der Waals surface area contributed by atoms with Crippen LogP contribution in [-0.2, 0) is 6.42 Å². The molecule has 0 spiro atoms. The fourth-order valence-corrected chi connectivity index (χ4v) is 3.52. The van der Waals surface area contributed by atoms with E-state index in [0.29, 0.717) is 11.6 Å². The van der Waals surface area contributed by atoms with Crippen molar-refractivity contribution >= 4 is 11.3 Å². The zero-order chi connectivity index (χ0) is 15.0. The summed E-state index contributed by atoms with van der Waals surface area (Å²) >= 11 is 1.56. The molecule has 3 rings (SSSR count). The Morgan fingerprint density at radius 2 is 2.14 bits per heavy atom. The third kappa shape index (κ3) is 2.99. The third-order valence-electron chi connectivity index (χ3n) is 3.76. The molecule has 1 heterocycles. The zero-order valence-corrected chi connectivity index (χ0v) is 12.9. The first-order chi connectivity index (χ1) is 10.1. The molecule has 1 saturated carbocycles. The van der Waals surface area contributed by atoms with E-state index in [-0.39, 0.29) is 6.04 Å². The Bertz CT molecular complexity index is 650. The molecule has 1 aromatic carbocycles. The molecule has 1 fully saturated rings. The van der Waals surface area contributed by atoms with Gasteiger partial charge in [-0.1, -0.05) is 19.1 Å². The molecule has 1 unspecified atom stereocenters. The van der Waals surface area contributed by atoms with Crippen molar-refractivity contribution in [3.8, 4) is 0 Å². The molecule has 0 aliphatic heterocycles. The maximum atomic E-state index is 14.2. The van der Waals surface area contributed by atoms with Crippen LogP contribution in [0.5, 0.6) is 0 Å². The summed E-state index contributed by atoms with van der Waals surface area (Å²) in [6, 6.07) is 4.36. The third-order valence-corrected chi connectivity index (χ3v) is 4.84. The highest BCUT2D eigenvalue weighted by Crippen LogP contribution is 2.33. The van der Waals surface area contributed by atoms with Gasteiger partial charge in [0.2, 0.25) is 0 Å². The second-order valence-electron chi connectivity index (χ2n) is 5.43. The van der Waals surface area contributed by atoms with Crippen LogP contribution in [0, 0.1) is 18.6 Å². The number of aryl methyl sites for hydroxylation is 2. The topological polar surface area (TPSA) is 24.9 Å². The Hall–Kier alpha value is -1.33. The minimum absolute atomic E-state index is 0.346. The molecule has 2 aromatic rings. The van der Waals surface area contributed by atoms with Crippen LogP contribution in [0.3, 0.4) is 0 Å². The van der Waals surface area contributed by atoms with Crippen LogP contribution >= 0.6 is 11.3 Å². The molecule has 2 nitrogen and oxygen atoms in total. The Labute approximate surface area is 127 Å². The summed E-state index contributed by atoms with van der Waals surface area (Å²) in [4.78, 5) is 5.77. The predicted octanol–water partition coefficient (Wildman–Crippen LogP) is 4.13. The Balaban J connectivity index is 2.02. The highest BCUT2D eigenvalue weighted by atomic mass is 32.1. The van der Waals surface area contributed by atoms with Gasteiger partial charge in [-0.2, -0.15) is 0 Å². The largest absolute Gasteiger partial charge is 0.301 e. The van der Waals surface area contributed by atoms with E-state index in [1.54, 1.807) is 23.5 Å². The maximum absolute atomic E-state index is 14.2. The number of halogens is 2. The van der Waals surface area contributed by atoms with Gasteiger partial charge in [-0.25, -0.2) is 13.8 Å². The van der Waals surface area contributed by atoms with Gasteiger partial charge in [0.1, 0.15) is 5.01 Å². The number of thiazole rings is 1. The average molecular weight is 308 g/mol. The summed E-state index contributed by atoms with van der Waals surface area (Å²) in [5, 5.41) is 4.22. The minimum Gasteiger partial charge on any atom is -0.301 e. The number of rotatable bonds is 5. The van der Waals surface area contributed by atoms with Gasteiger partial charge in [0.05, 0.1) is 11.7 Å². The van der Waals surface area contributed by atoms with Gasteiger partial charge in [0.25, 0.3) is 0 Å². The van der Waals surface area contributed by atoms with Gasteiger partial charge in [0, 0.05) is 16.5 Å². The number of nitrogens with zero attached hydrogens (tertiary/aromatic N) is 1. The number of aromatic nitrogens is 1. The first-order valence-electron chi connectivity index (χ1n) is 7.26. The Kier molecular flexibility index (Phi) is 4.04. The highest BCUT2D eigenvalue weighted by Gasteiger charge is 2.30. The van der Waals surface area contributed by atoms with Crippen LogP contribution in [0.4, 0.5) is 8.78 Å². The predicted molar refractivity (Wildman–Crippen MR) is 80.6 cm³/mol. The summed E-state index contributed by atoms with van der Waals surface area (Å²) < 4.78 is 27.7. The fraction of sp³-hybridized carbons (Fsp3) is 0.438. The van der Waals surface area contributed by atoms with Crippen LogP contribution in [-0.4, -0.2) is 11.0 Å². The molecule has 0 saturated heterocycles. The average Bonchev–Trinajstić information content (AvgIpc) is 3.21. The van der Waals surface area contributed by atoms with Crippen molar-refractivity contribution in [2.45, 2.75) is 45.2 Å². The van der Waals surface area contributed by atoms with Crippen molar-refractivity contribution in [3.63, 3.8) is 0 Å². The lowest BCUT2D eigenvalue weighted by Crippen LogP contribution is -2.25. The van der Waals surface area contributed by atoms with E-state index in [9.17, 15) is 8.78 Å². The quantitative estimate of drug-likeness (QED) is 0.898. The van der Waals surface area contributed by atoms with Crippen molar-refractivity contribution < 1.29 is 8.78 Å². The van der Waals surface area contributed by atoms with Gasteiger partial charge in [0.15, 0.2) is 11.6 Å². The van der Waals surface area contributed by atoms with Gasteiger partial charge < -0.3 is 5.32 Å². The first-order valence-corrected chi connectivity index (χ1v) is 8.08. The normalized spacial score (nSPS) is 16.2. The highest BCUT2D eigenvalue weighted by molar-refractivity contribution is 7.11. The number of nitrogens with one attached hydrogen (secondary N) is 1. The zero-order valence-electron chi connectivity index (χ0n) is 12.1. The fourth-order valence-electron chi connectivity index (χ4n) is 2.43. The van der Waals surface area contributed by atoms with Crippen LogP contribution in [0.25, 0.3) is 0 Å². The monoisotopic (exact) mass is 308 g/mol. The second kappa shape index (κ2) is 5.81. The van der Waals surface area contributed by atoms with Crippen LogP contribution in [0.2, 0.25) is 0 Å². The van der Waals surface area contributed by atoms with Crippen molar-refractivity contribution in [2.75, 3.05) is 0 Å². The molecule has 0 radical (unpaired) electrons. The van der Waals surface area contributed by atoms with Crippen molar-refractivity contribution in [1.82, 2.24) is 10.3 Å². The summed E-state index contributed by atoms with van der Waals surface area (Å²) in [7, 11) is 0. The van der Waals surface area contributed by atoms with Gasteiger partial charge in [-0.3, -0.25) is 0 Å². The lowest BCUT2D eigenvalue weighted by Gasteiger charge is -2.17. The van der Waals surface area contributed by atoms with Crippen molar-refractivity contribution in [1.29, 1.82) is 0 Å². The molecule has 21 heavy (non-hydrogen) atoms. The van der Waals surface area contributed by atoms with Gasteiger partial charge in [-0.15, -0.1) is 11.3 Å².